The van der Waals surface area contributed by atoms with E-state index in [-0.39, 0.29) is 42.5 Å². The van der Waals surface area contributed by atoms with Crippen molar-refractivity contribution in [1.29, 1.82) is 0 Å². The molecule has 0 radical (unpaired) electrons. The molecule has 2 bridgehead atoms. The van der Waals surface area contributed by atoms with Crippen LogP contribution in [-0.2, 0) is 25.6 Å². The molecular weight excluding hydrogens is 815 g/mol. The minimum absolute atomic E-state index is 0.0453. The van der Waals surface area contributed by atoms with Crippen LogP contribution < -0.4 is 14.8 Å². The Bertz CT molecular complexity index is 1910. The Labute approximate surface area is 380 Å². The van der Waals surface area contributed by atoms with E-state index in [4.69, 9.17) is 18.9 Å². The number of amides is 3. The first kappa shape index (κ1) is 47.6. The van der Waals surface area contributed by atoms with Crippen LogP contribution in [0.2, 0.25) is 0 Å². The summed E-state index contributed by atoms with van der Waals surface area (Å²) in [6.07, 6.45) is 10.0. The number of likely N-dealkylation sites (tertiary alicyclic amines) is 1. The van der Waals surface area contributed by atoms with E-state index in [1.807, 2.05) is 62.9 Å². The molecule has 352 valence electrons. The van der Waals surface area contributed by atoms with Gasteiger partial charge in [-0.15, -0.1) is 0 Å². The number of carboxylic acids is 1. The highest BCUT2D eigenvalue weighted by Gasteiger charge is 2.54. The lowest BCUT2D eigenvalue weighted by atomic mass is 9.66. The second-order valence-corrected chi connectivity index (χ2v) is 20.2. The van der Waals surface area contributed by atoms with Crippen LogP contribution in [0.4, 0.5) is 4.79 Å². The van der Waals surface area contributed by atoms with Crippen LogP contribution in [0.15, 0.2) is 42.5 Å². The number of piperidine rings is 1. The van der Waals surface area contributed by atoms with Gasteiger partial charge in [0.2, 0.25) is 5.91 Å². The van der Waals surface area contributed by atoms with Gasteiger partial charge in [-0.2, -0.15) is 0 Å². The summed E-state index contributed by atoms with van der Waals surface area (Å²) in [6, 6.07) is 13.4. The first-order valence-corrected chi connectivity index (χ1v) is 24.0. The van der Waals surface area contributed by atoms with E-state index in [0.717, 1.165) is 88.9 Å². The molecule has 0 aromatic heterocycles. The Morgan fingerprint density at radius 3 is 2.31 bits per heavy atom. The summed E-state index contributed by atoms with van der Waals surface area (Å²) in [6.45, 7) is 14.5. The van der Waals surface area contributed by atoms with Gasteiger partial charge >= 0.3 is 12.1 Å². The maximum Gasteiger partial charge on any atom is 0.411 e. The second kappa shape index (κ2) is 20.8. The van der Waals surface area contributed by atoms with Crippen molar-refractivity contribution in [3.8, 4) is 11.5 Å². The number of hydrogen-bond donors (Lipinski definition) is 2. The number of carboxylic acid groups (broad SMARTS) is 1. The van der Waals surface area contributed by atoms with Gasteiger partial charge < -0.3 is 34.3 Å². The molecule has 14 nitrogen and oxygen atoms in total. The number of hydrogen-bond acceptors (Lipinski definition) is 10. The maximum atomic E-state index is 14.2. The van der Waals surface area contributed by atoms with Crippen molar-refractivity contribution in [2.75, 3.05) is 79.2 Å². The molecule has 0 spiro atoms. The molecule has 4 aliphatic heterocycles. The largest absolute Gasteiger partial charge is 0.497 e. The molecule has 8 rings (SSSR count). The van der Waals surface area contributed by atoms with E-state index in [2.05, 4.69) is 21.2 Å². The number of nitrogens with one attached hydrogen (secondary N) is 1. The highest BCUT2D eigenvalue weighted by molar-refractivity contribution is 5.94. The van der Waals surface area contributed by atoms with Crippen molar-refractivity contribution in [3.63, 3.8) is 0 Å². The van der Waals surface area contributed by atoms with E-state index in [1.165, 1.54) is 24.2 Å². The smallest absolute Gasteiger partial charge is 0.411 e. The summed E-state index contributed by atoms with van der Waals surface area (Å²) in [5, 5.41) is 13.3. The highest BCUT2D eigenvalue weighted by atomic mass is 16.6. The van der Waals surface area contributed by atoms with Crippen LogP contribution in [0.1, 0.15) is 126 Å². The average Bonchev–Trinajstić information content (AvgIpc) is 3.30. The zero-order chi connectivity index (χ0) is 45.5. The molecule has 6 fully saturated rings. The van der Waals surface area contributed by atoms with Crippen LogP contribution in [0.5, 0.6) is 11.5 Å². The third-order valence-corrected chi connectivity index (χ3v) is 14.5. The van der Waals surface area contributed by atoms with E-state index >= 15 is 0 Å². The monoisotopic (exact) mass is 888 g/mol. The van der Waals surface area contributed by atoms with Gasteiger partial charge in [0.05, 0.1) is 37.9 Å². The van der Waals surface area contributed by atoms with Gasteiger partial charge in [-0.1, -0.05) is 31.4 Å². The van der Waals surface area contributed by atoms with Gasteiger partial charge in [-0.05, 0) is 115 Å². The molecule has 3 amide bonds. The standard InChI is InChI=1S/C50H73N5O9/c1-6-62-43-29-41(61-5)18-17-40(43)31-55(47(60)64-48(2,3)4)33-44(56)54-23-11-16-39(30-54)37-14-10-15-38(28-37)45(57)51-42(36-12-8-7-9-13-36)32-52-24-26-53(27-25-52)34-50-21-19-49(20-22-50,35-63-50)46(58)59/h10,14-15,17-18,28-29,36,39,42H,6-9,11-13,16,19-27,30-35H2,1-5H3,(H,51,57)(H,58,59)/t39?,42-,49?,50?/m0/s1. The van der Waals surface area contributed by atoms with Gasteiger partial charge in [-0.25, -0.2) is 4.79 Å². The average molecular weight is 888 g/mol. The SMILES string of the molecule is CCOc1cc(OC)ccc1CN(CC(=O)N1CCCC(c2cccc(C(=O)N[C@@H](CN3CCN(CC45CCC(C(=O)O)(CC4)CO5)CC3)C3CCCCC3)c2)C1)C(=O)OC(C)(C)C. The number of rotatable bonds is 16. The molecule has 4 heterocycles. The van der Waals surface area contributed by atoms with Gasteiger partial charge in [0.25, 0.3) is 5.91 Å². The summed E-state index contributed by atoms with van der Waals surface area (Å²) in [4.78, 5) is 62.0. The third-order valence-electron chi connectivity index (χ3n) is 14.5. The van der Waals surface area contributed by atoms with Crippen LogP contribution in [0.3, 0.4) is 0 Å². The minimum Gasteiger partial charge on any atom is -0.497 e. The molecule has 2 aliphatic carbocycles. The lowest BCUT2D eigenvalue weighted by Gasteiger charge is -2.53. The summed E-state index contributed by atoms with van der Waals surface area (Å²) in [7, 11) is 1.59. The van der Waals surface area contributed by atoms with Gasteiger partial charge in [0.15, 0.2) is 0 Å². The molecule has 2 aromatic carbocycles. The normalized spacial score (nSPS) is 25.0. The Balaban J connectivity index is 0.963. The Morgan fingerprint density at radius 1 is 0.922 bits per heavy atom. The molecule has 2 aromatic rings. The highest BCUT2D eigenvalue weighted by Crippen LogP contribution is 2.49. The molecule has 4 saturated heterocycles. The van der Waals surface area contributed by atoms with E-state index in [1.54, 1.807) is 13.2 Å². The van der Waals surface area contributed by atoms with Gasteiger partial charge in [-0.3, -0.25) is 29.1 Å². The zero-order valence-corrected chi connectivity index (χ0v) is 39.0. The molecule has 2 N–H and O–H groups in total. The molecule has 14 heteroatoms. The number of carbonyl (C=O) groups excluding carboxylic acids is 3. The lowest BCUT2D eigenvalue weighted by molar-refractivity contribution is -0.206. The van der Waals surface area contributed by atoms with Crippen molar-refractivity contribution in [2.24, 2.45) is 11.3 Å². The van der Waals surface area contributed by atoms with Crippen molar-refractivity contribution in [3.05, 3.63) is 59.2 Å². The summed E-state index contributed by atoms with van der Waals surface area (Å²) < 4.78 is 23.4. The predicted molar refractivity (Wildman–Crippen MR) is 244 cm³/mol. The molecule has 2 saturated carbocycles. The topological polar surface area (TPSA) is 150 Å². The number of benzene rings is 2. The molecule has 1 unspecified atom stereocenters. The number of carbonyl (C=O) groups is 4. The number of fused-ring (bicyclic) bond motifs is 3. The first-order chi connectivity index (χ1) is 30.7. The first-order valence-electron chi connectivity index (χ1n) is 24.0. The van der Waals surface area contributed by atoms with Gasteiger partial charge in [0, 0.05) is 81.5 Å². The fourth-order valence-electron chi connectivity index (χ4n) is 10.6. The second-order valence-electron chi connectivity index (χ2n) is 20.2. The predicted octanol–water partition coefficient (Wildman–Crippen LogP) is 6.95. The van der Waals surface area contributed by atoms with Crippen molar-refractivity contribution in [1.82, 2.24) is 24.9 Å². The summed E-state index contributed by atoms with van der Waals surface area (Å²) >= 11 is 0. The maximum absolute atomic E-state index is 14.2. The molecule has 64 heavy (non-hydrogen) atoms. The van der Waals surface area contributed by atoms with Crippen molar-refractivity contribution in [2.45, 2.75) is 128 Å². The third kappa shape index (κ3) is 11.9. The molecule has 6 aliphatic rings. The van der Waals surface area contributed by atoms with Crippen LogP contribution >= 0.6 is 0 Å². The number of ether oxygens (including phenoxy) is 4. The zero-order valence-electron chi connectivity index (χ0n) is 39.0. The van der Waals surface area contributed by atoms with E-state index < -0.39 is 23.1 Å². The number of piperazine rings is 1. The quantitative estimate of drug-likeness (QED) is 0.180. The Kier molecular flexibility index (Phi) is 15.5. The minimum atomic E-state index is -0.747. The number of nitrogens with zero attached hydrogens (tertiary/aromatic N) is 4. The van der Waals surface area contributed by atoms with Crippen LogP contribution in [0, 0.1) is 11.3 Å². The fourth-order valence-corrected chi connectivity index (χ4v) is 10.6. The fraction of sp³-hybridized carbons (Fsp3) is 0.680. The van der Waals surface area contributed by atoms with Crippen molar-refractivity contribution >= 4 is 23.9 Å². The number of aliphatic carboxylic acids is 1. The van der Waals surface area contributed by atoms with Crippen LogP contribution in [-0.4, -0.2) is 145 Å². The number of methoxy groups -OCH3 is 1. The van der Waals surface area contributed by atoms with Gasteiger partial charge in [0.1, 0.15) is 23.6 Å². The Hall–Kier alpha value is -4.40. The molecular formula is C50H73N5O9. The molecule has 2 atom stereocenters. The summed E-state index contributed by atoms with van der Waals surface area (Å²) in [5.41, 5.74) is 0.747. The van der Waals surface area contributed by atoms with Crippen molar-refractivity contribution < 1.29 is 43.2 Å². The van der Waals surface area contributed by atoms with E-state index in [9.17, 15) is 24.3 Å². The lowest BCUT2D eigenvalue weighted by Crippen LogP contribution is -2.60. The van der Waals surface area contributed by atoms with Crippen LogP contribution in [0.25, 0.3) is 0 Å². The van der Waals surface area contributed by atoms with E-state index in [0.29, 0.717) is 62.1 Å². The summed E-state index contributed by atoms with van der Waals surface area (Å²) in [5.74, 6) is 0.766. The Morgan fingerprint density at radius 2 is 1.66 bits per heavy atom.